The first-order valence-electron chi connectivity index (χ1n) is 9.20. The quantitative estimate of drug-likeness (QED) is 0.737. The third-order valence-corrected chi connectivity index (χ3v) is 5.40. The van der Waals surface area contributed by atoms with Crippen molar-refractivity contribution in [3.8, 4) is 11.5 Å². The molecule has 0 saturated carbocycles. The molecule has 3 amide bonds. The minimum absolute atomic E-state index is 0.00949. The zero-order valence-corrected chi connectivity index (χ0v) is 16.5. The molecule has 2 aromatic carbocycles. The Balaban J connectivity index is 1.36. The van der Waals surface area contributed by atoms with Crippen LogP contribution in [0.25, 0.3) is 6.08 Å². The van der Waals surface area contributed by atoms with E-state index in [0.717, 1.165) is 16.7 Å². The molecule has 2 aliphatic rings. The maximum atomic E-state index is 13.8. The Morgan fingerprint density at radius 2 is 1.90 bits per heavy atom. The first-order chi connectivity index (χ1) is 14.5. The molecule has 30 heavy (non-hydrogen) atoms. The van der Waals surface area contributed by atoms with E-state index in [-0.39, 0.29) is 29.5 Å². The summed E-state index contributed by atoms with van der Waals surface area (Å²) < 4.78 is 24.7. The molecule has 0 spiro atoms. The van der Waals surface area contributed by atoms with Crippen LogP contribution >= 0.6 is 11.8 Å². The number of nitrogens with one attached hydrogen (secondary N) is 1. The van der Waals surface area contributed by atoms with Gasteiger partial charge in [0, 0.05) is 24.2 Å². The van der Waals surface area contributed by atoms with Gasteiger partial charge in [0.25, 0.3) is 17.1 Å². The number of hydrogen-bond donors (Lipinski definition) is 1. The SMILES string of the molecule is O=C(NCCN1C(=O)SC(=Cc2ccccc2F)C1=O)c1ccc2c(c1)OCCO2. The zero-order chi connectivity index (χ0) is 21.1. The van der Waals surface area contributed by atoms with E-state index in [0.29, 0.717) is 30.3 Å². The predicted molar refractivity (Wildman–Crippen MR) is 109 cm³/mol. The van der Waals surface area contributed by atoms with Gasteiger partial charge < -0.3 is 14.8 Å². The lowest BCUT2D eigenvalue weighted by atomic mass is 10.2. The van der Waals surface area contributed by atoms with E-state index >= 15 is 0 Å². The number of halogens is 1. The second-order valence-corrected chi connectivity index (χ2v) is 7.46. The largest absolute Gasteiger partial charge is 0.486 e. The van der Waals surface area contributed by atoms with Crippen LogP contribution in [0.3, 0.4) is 0 Å². The molecule has 0 atom stereocenters. The number of benzene rings is 2. The van der Waals surface area contributed by atoms with Crippen molar-refractivity contribution in [1.82, 2.24) is 10.2 Å². The van der Waals surface area contributed by atoms with Gasteiger partial charge in [-0.2, -0.15) is 0 Å². The zero-order valence-electron chi connectivity index (χ0n) is 15.7. The van der Waals surface area contributed by atoms with Gasteiger partial charge in [-0.15, -0.1) is 0 Å². The molecule has 154 valence electrons. The summed E-state index contributed by atoms with van der Waals surface area (Å²) in [5, 5.41) is 2.22. The summed E-state index contributed by atoms with van der Waals surface area (Å²) in [5.41, 5.74) is 0.614. The van der Waals surface area contributed by atoms with E-state index in [2.05, 4.69) is 5.32 Å². The number of amides is 3. The van der Waals surface area contributed by atoms with Crippen LogP contribution in [0.15, 0.2) is 47.4 Å². The number of nitrogens with zero attached hydrogens (tertiary/aromatic N) is 1. The van der Waals surface area contributed by atoms with Crippen molar-refractivity contribution >= 4 is 34.9 Å². The van der Waals surface area contributed by atoms with Crippen molar-refractivity contribution in [2.75, 3.05) is 26.3 Å². The van der Waals surface area contributed by atoms with E-state index in [1.165, 1.54) is 18.2 Å². The van der Waals surface area contributed by atoms with Gasteiger partial charge in [-0.3, -0.25) is 19.3 Å². The second-order valence-electron chi connectivity index (χ2n) is 6.47. The average Bonchev–Trinajstić information content (AvgIpc) is 3.02. The highest BCUT2D eigenvalue weighted by Crippen LogP contribution is 2.32. The molecule has 7 nitrogen and oxygen atoms in total. The summed E-state index contributed by atoms with van der Waals surface area (Å²) in [6.45, 7) is 0.966. The number of fused-ring (bicyclic) bond motifs is 1. The molecule has 2 heterocycles. The molecule has 1 fully saturated rings. The standard InChI is InChI=1S/C21H17FN2O5S/c22-15-4-2-1-3-13(15)12-18-20(26)24(21(27)30-18)8-7-23-19(25)14-5-6-16-17(11-14)29-10-9-28-16/h1-6,11-12H,7-10H2,(H,23,25). The number of carbonyl (C=O) groups is 3. The summed E-state index contributed by atoms with van der Waals surface area (Å²) in [4.78, 5) is 38.2. The van der Waals surface area contributed by atoms with Crippen molar-refractivity contribution in [1.29, 1.82) is 0 Å². The molecular formula is C21H17FN2O5S. The molecule has 0 radical (unpaired) electrons. The van der Waals surface area contributed by atoms with Crippen LogP contribution in [0.5, 0.6) is 11.5 Å². The highest BCUT2D eigenvalue weighted by molar-refractivity contribution is 8.18. The Morgan fingerprint density at radius 3 is 2.70 bits per heavy atom. The van der Waals surface area contributed by atoms with Crippen LogP contribution < -0.4 is 14.8 Å². The fourth-order valence-corrected chi connectivity index (χ4v) is 3.85. The van der Waals surface area contributed by atoms with Gasteiger partial charge in [-0.1, -0.05) is 18.2 Å². The van der Waals surface area contributed by atoms with E-state index < -0.39 is 17.0 Å². The van der Waals surface area contributed by atoms with E-state index in [9.17, 15) is 18.8 Å². The summed E-state index contributed by atoms with van der Waals surface area (Å²) in [5.74, 6) is -0.269. The Morgan fingerprint density at radius 1 is 1.13 bits per heavy atom. The molecule has 1 N–H and O–H groups in total. The normalized spacial score (nSPS) is 16.8. The molecule has 0 bridgehead atoms. The van der Waals surface area contributed by atoms with Gasteiger partial charge in [0.05, 0.1) is 4.91 Å². The predicted octanol–water partition coefficient (Wildman–Crippen LogP) is 3.06. The van der Waals surface area contributed by atoms with Crippen LogP contribution in [0.2, 0.25) is 0 Å². The first-order valence-corrected chi connectivity index (χ1v) is 10.0. The van der Waals surface area contributed by atoms with Gasteiger partial charge in [-0.05, 0) is 42.1 Å². The maximum Gasteiger partial charge on any atom is 0.293 e. The second kappa shape index (κ2) is 8.58. The molecule has 0 aromatic heterocycles. The Hall–Kier alpha value is -3.33. The van der Waals surface area contributed by atoms with Crippen LogP contribution in [-0.2, 0) is 4.79 Å². The number of rotatable bonds is 5. The average molecular weight is 428 g/mol. The van der Waals surface area contributed by atoms with Gasteiger partial charge >= 0.3 is 0 Å². The first kappa shape index (κ1) is 20.0. The fourth-order valence-electron chi connectivity index (χ4n) is 2.99. The minimum Gasteiger partial charge on any atom is -0.486 e. The number of carbonyl (C=O) groups excluding carboxylic acids is 3. The molecular weight excluding hydrogens is 411 g/mol. The lowest BCUT2D eigenvalue weighted by molar-refractivity contribution is -0.122. The summed E-state index contributed by atoms with van der Waals surface area (Å²) >= 11 is 0.745. The summed E-state index contributed by atoms with van der Waals surface area (Å²) in [6, 6.07) is 10.9. The lowest BCUT2D eigenvalue weighted by Gasteiger charge is -2.19. The van der Waals surface area contributed by atoms with Crippen molar-refractivity contribution in [3.05, 3.63) is 64.3 Å². The number of ether oxygens (including phenoxy) is 2. The number of thioether (sulfide) groups is 1. The summed E-state index contributed by atoms with van der Waals surface area (Å²) in [7, 11) is 0. The van der Waals surface area contributed by atoms with Crippen LogP contribution in [0.4, 0.5) is 9.18 Å². The molecule has 9 heteroatoms. The van der Waals surface area contributed by atoms with Crippen LogP contribution in [0, 0.1) is 5.82 Å². The molecule has 2 aliphatic heterocycles. The number of imide groups is 1. The van der Waals surface area contributed by atoms with Crippen molar-refractivity contribution in [2.24, 2.45) is 0 Å². The fraction of sp³-hybridized carbons (Fsp3) is 0.190. The van der Waals surface area contributed by atoms with E-state index in [1.54, 1.807) is 30.3 Å². The van der Waals surface area contributed by atoms with Gasteiger partial charge in [0.15, 0.2) is 11.5 Å². The van der Waals surface area contributed by atoms with Crippen molar-refractivity contribution in [3.63, 3.8) is 0 Å². The summed E-state index contributed by atoms with van der Waals surface area (Å²) in [6.07, 6.45) is 1.36. The minimum atomic E-state index is -0.512. The Labute approximate surface area is 175 Å². The van der Waals surface area contributed by atoms with Crippen molar-refractivity contribution in [2.45, 2.75) is 0 Å². The molecule has 0 aliphatic carbocycles. The topological polar surface area (TPSA) is 84.9 Å². The molecule has 0 unspecified atom stereocenters. The molecule has 4 rings (SSSR count). The number of hydrogen-bond acceptors (Lipinski definition) is 6. The molecule has 1 saturated heterocycles. The molecule has 2 aromatic rings. The van der Waals surface area contributed by atoms with Gasteiger partial charge in [0.2, 0.25) is 0 Å². The Bertz CT molecular complexity index is 1060. The highest BCUT2D eigenvalue weighted by Gasteiger charge is 2.34. The van der Waals surface area contributed by atoms with E-state index in [1.807, 2.05) is 0 Å². The lowest BCUT2D eigenvalue weighted by Crippen LogP contribution is -2.37. The third kappa shape index (κ3) is 4.16. The third-order valence-electron chi connectivity index (χ3n) is 4.49. The van der Waals surface area contributed by atoms with Crippen LogP contribution in [-0.4, -0.2) is 48.3 Å². The highest BCUT2D eigenvalue weighted by atomic mass is 32.2. The monoisotopic (exact) mass is 428 g/mol. The van der Waals surface area contributed by atoms with Crippen molar-refractivity contribution < 1.29 is 28.2 Å². The van der Waals surface area contributed by atoms with Crippen LogP contribution in [0.1, 0.15) is 15.9 Å². The Kier molecular flexibility index (Phi) is 5.71. The van der Waals surface area contributed by atoms with Gasteiger partial charge in [-0.25, -0.2) is 4.39 Å². The van der Waals surface area contributed by atoms with E-state index in [4.69, 9.17) is 9.47 Å². The van der Waals surface area contributed by atoms with Gasteiger partial charge in [0.1, 0.15) is 19.0 Å². The smallest absolute Gasteiger partial charge is 0.293 e. The maximum absolute atomic E-state index is 13.8.